The molecular weight excluding hydrogens is 448 g/mol. The summed E-state index contributed by atoms with van der Waals surface area (Å²) in [6.45, 7) is 2.51. The molecule has 2 aromatic carbocycles. The maximum Gasteiger partial charge on any atom is 0.407 e. The standard InChI is InChI=1S/C27H32N2O6/c1-2-3-8-17(15-24(30)31)28-26(32)25-23(13-14-34-25)29-27(33)35-16-22-20-11-6-4-9-18(20)19-10-5-7-12-21(19)22/h4-7,9-12,17,22-23,25H,2-3,8,13-16H2,1H3,(H,28,32)(H,29,33)(H,30,31)/t17-,23+,25-/m1/s1. The Bertz CT molecular complexity index is 1030. The quantitative estimate of drug-likeness (QED) is 0.476. The molecule has 0 saturated carbocycles. The number of fused-ring (bicyclic) bond motifs is 3. The third kappa shape index (κ3) is 5.82. The van der Waals surface area contributed by atoms with Crippen molar-refractivity contribution in [3.05, 3.63) is 59.7 Å². The summed E-state index contributed by atoms with van der Waals surface area (Å²) in [5.41, 5.74) is 4.55. The molecule has 0 radical (unpaired) electrons. The number of hydrogen-bond donors (Lipinski definition) is 3. The van der Waals surface area contributed by atoms with Gasteiger partial charge in [-0.2, -0.15) is 0 Å². The summed E-state index contributed by atoms with van der Waals surface area (Å²) in [6, 6.07) is 15.2. The van der Waals surface area contributed by atoms with Gasteiger partial charge in [-0.25, -0.2) is 4.79 Å². The summed E-state index contributed by atoms with van der Waals surface area (Å²) >= 11 is 0. The fourth-order valence-corrected chi connectivity index (χ4v) is 4.96. The molecule has 0 bridgehead atoms. The van der Waals surface area contributed by atoms with E-state index in [1.807, 2.05) is 31.2 Å². The lowest BCUT2D eigenvalue weighted by molar-refractivity contribution is -0.138. The number of alkyl carbamates (subject to hydrolysis) is 1. The summed E-state index contributed by atoms with van der Waals surface area (Å²) in [6.07, 6.45) is 1.13. The number of carbonyl (C=O) groups excluding carboxylic acids is 2. The number of unbranched alkanes of at least 4 members (excludes halogenated alkanes) is 1. The molecule has 0 aromatic heterocycles. The Morgan fingerprint density at radius 1 is 1.09 bits per heavy atom. The van der Waals surface area contributed by atoms with E-state index in [9.17, 15) is 14.4 Å². The highest BCUT2D eigenvalue weighted by molar-refractivity contribution is 5.84. The molecule has 3 N–H and O–H groups in total. The number of hydrogen-bond acceptors (Lipinski definition) is 5. The van der Waals surface area contributed by atoms with E-state index in [1.165, 1.54) is 0 Å². The molecule has 2 amide bonds. The normalized spacial score (nSPS) is 19.5. The molecule has 4 rings (SSSR count). The van der Waals surface area contributed by atoms with Crippen LogP contribution in [0.25, 0.3) is 11.1 Å². The third-order valence-electron chi connectivity index (χ3n) is 6.67. The molecule has 8 nitrogen and oxygen atoms in total. The van der Waals surface area contributed by atoms with Crippen molar-refractivity contribution in [2.24, 2.45) is 0 Å². The van der Waals surface area contributed by atoms with Crippen LogP contribution in [0.15, 0.2) is 48.5 Å². The smallest absolute Gasteiger partial charge is 0.407 e. The maximum absolute atomic E-state index is 12.8. The molecule has 1 fully saturated rings. The minimum atomic E-state index is -0.966. The van der Waals surface area contributed by atoms with E-state index in [-0.39, 0.29) is 18.9 Å². The van der Waals surface area contributed by atoms with Crippen LogP contribution in [0.1, 0.15) is 56.1 Å². The van der Waals surface area contributed by atoms with Gasteiger partial charge in [0.25, 0.3) is 5.91 Å². The van der Waals surface area contributed by atoms with Crippen molar-refractivity contribution in [2.75, 3.05) is 13.2 Å². The zero-order chi connectivity index (χ0) is 24.8. The summed E-state index contributed by atoms with van der Waals surface area (Å²) in [5.74, 6) is -1.43. The van der Waals surface area contributed by atoms with Crippen molar-refractivity contribution in [2.45, 2.75) is 63.1 Å². The number of rotatable bonds is 10. The van der Waals surface area contributed by atoms with Crippen molar-refractivity contribution in [1.29, 1.82) is 0 Å². The van der Waals surface area contributed by atoms with Crippen LogP contribution in [0.5, 0.6) is 0 Å². The van der Waals surface area contributed by atoms with Gasteiger partial charge >= 0.3 is 12.1 Å². The van der Waals surface area contributed by atoms with Crippen LogP contribution in [-0.4, -0.2) is 54.5 Å². The zero-order valence-corrected chi connectivity index (χ0v) is 19.9. The van der Waals surface area contributed by atoms with Crippen LogP contribution >= 0.6 is 0 Å². The third-order valence-corrected chi connectivity index (χ3v) is 6.67. The number of benzene rings is 2. The number of nitrogens with one attached hydrogen (secondary N) is 2. The molecular formula is C27H32N2O6. The SMILES string of the molecule is CCCC[C@H](CC(=O)O)NC(=O)[C@@H]1OCC[C@@H]1NC(=O)OCC1c2ccccc2-c2ccccc21. The van der Waals surface area contributed by atoms with E-state index in [1.54, 1.807) is 0 Å². The van der Waals surface area contributed by atoms with Gasteiger partial charge in [-0.15, -0.1) is 0 Å². The summed E-state index contributed by atoms with van der Waals surface area (Å²) in [7, 11) is 0. The molecule has 35 heavy (non-hydrogen) atoms. The predicted molar refractivity (Wildman–Crippen MR) is 130 cm³/mol. The van der Waals surface area contributed by atoms with Gasteiger partial charge in [-0.3, -0.25) is 9.59 Å². The largest absolute Gasteiger partial charge is 0.481 e. The Labute approximate surface area is 205 Å². The van der Waals surface area contributed by atoms with E-state index >= 15 is 0 Å². The molecule has 1 saturated heterocycles. The molecule has 1 heterocycles. The monoisotopic (exact) mass is 480 g/mol. The van der Waals surface area contributed by atoms with E-state index in [4.69, 9.17) is 14.6 Å². The van der Waals surface area contributed by atoms with Gasteiger partial charge in [0.15, 0.2) is 6.10 Å². The first kappa shape index (κ1) is 24.7. The number of aliphatic carboxylic acids is 1. The molecule has 1 aliphatic heterocycles. The van der Waals surface area contributed by atoms with Crippen LogP contribution < -0.4 is 10.6 Å². The molecule has 2 aromatic rings. The number of carboxylic acids is 1. The van der Waals surface area contributed by atoms with Crippen LogP contribution in [0.4, 0.5) is 4.79 Å². The number of carbonyl (C=O) groups is 3. The van der Waals surface area contributed by atoms with E-state index in [0.29, 0.717) is 19.4 Å². The summed E-state index contributed by atoms with van der Waals surface area (Å²) in [5, 5.41) is 14.7. The van der Waals surface area contributed by atoms with Crippen LogP contribution in [0.2, 0.25) is 0 Å². The average Bonchev–Trinajstić information content (AvgIpc) is 3.43. The fraction of sp³-hybridized carbons (Fsp3) is 0.444. The zero-order valence-electron chi connectivity index (χ0n) is 19.9. The van der Waals surface area contributed by atoms with Gasteiger partial charge in [0.05, 0.1) is 12.5 Å². The van der Waals surface area contributed by atoms with Gasteiger partial charge < -0.3 is 25.2 Å². The summed E-state index contributed by atoms with van der Waals surface area (Å²) in [4.78, 5) is 36.6. The predicted octanol–water partition coefficient (Wildman–Crippen LogP) is 3.83. The van der Waals surface area contributed by atoms with E-state index in [2.05, 4.69) is 34.9 Å². The minimum absolute atomic E-state index is 0.0533. The molecule has 3 atom stereocenters. The highest BCUT2D eigenvalue weighted by Gasteiger charge is 2.37. The first-order valence-electron chi connectivity index (χ1n) is 12.2. The molecule has 2 aliphatic rings. The number of carboxylic acid groups (broad SMARTS) is 1. The van der Waals surface area contributed by atoms with Crippen molar-refractivity contribution < 1.29 is 29.0 Å². The lowest BCUT2D eigenvalue weighted by Crippen LogP contribution is -2.51. The van der Waals surface area contributed by atoms with Gasteiger partial charge in [0.1, 0.15) is 6.61 Å². The Kier molecular flexibility index (Phi) is 8.02. The first-order valence-corrected chi connectivity index (χ1v) is 12.2. The second kappa shape index (κ2) is 11.4. The Morgan fingerprint density at radius 3 is 2.37 bits per heavy atom. The lowest BCUT2D eigenvalue weighted by Gasteiger charge is -2.23. The minimum Gasteiger partial charge on any atom is -0.481 e. The van der Waals surface area contributed by atoms with Crippen LogP contribution in [0, 0.1) is 0 Å². The fourth-order valence-electron chi connectivity index (χ4n) is 4.96. The topological polar surface area (TPSA) is 114 Å². The van der Waals surface area contributed by atoms with Crippen molar-refractivity contribution in [3.63, 3.8) is 0 Å². The van der Waals surface area contributed by atoms with Crippen molar-refractivity contribution in [1.82, 2.24) is 10.6 Å². The Morgan fingerprint density at radius 2 is 1.74 bits per heavy atom. The molecule has 8 heteroatoms. The Hall–Kier alpha value is -3.39. The first-order chi connectivity index (χ1) is 17.0. The lowest BCUT2D eigenvalue weighted by atomic mass is 9.98. The maximum atomic E-state index is 12.8. The average molecular weight is 481 g/mol. The molecule has 186 valence electrons. The molecule has 0 unspecified atom stereocenters. The van der Waals surface area contributed by atoms with Crippen molar-refractivity contribution >= 4 is 18.0 Å². The number of amides is 2. The molecule has 1 aliphatic carbocycles. The van der Waals surface area contributed by atoms with Crippen LogP contribution in [0.3, 0.4) is 0 Å². The number of ether oxygens (including phenoxy) is 2. The van der Waals surface area contributed by atoms with Crippen molar-refractivity contribution in [3.8, 4) is 11.1 Å². The van der Waals surface area contributed by atoms with Gasteiger partial charge in [0.2, 0.25) is 0 Å². The van der Waals surface area contributed by atoms with E-state index < -0.39 is 36.2 Å². The van der Waals surface area contributed by atoms with Gasteiger partial charge in [-0.05, 0) is 35.1 Å². The molecule has 0 spiro atoms. The highest BCUT2D eigenvalue weighted by atomic mass is 16.6. The second-order valence-electron chi connectivity index (χ2n) is 9.10. The second-order valence-corrected chi connectivity index (χ2v) is 9.10. The van der Waals surface area contributed by atoms with E-state index in [0.717, 1.165) is 35.1 Å². The Balaban J connectivity index is 1.34. The summed E-state index contributed by atoms with van der Waals surface area (Å²) < 4.78 is 11.2. The van der Waals surface area contributed by atoms with Crippen LogP contribution in [-0.2, 0) is 19.1 Å². The highest BCUT2D eigenvalue weighted by Crippen LogP contribution is 2.44. The van der Waals surface area contributed by atoms with Gasteiger partial charge in [0, 0.05) is 18.6 Å². The van der Waals surface area contributed by atoms with Gasteiger partial charge in [-0.1, -0.05) is 68.3 Å².